The summed E-state index contributed by atoms with van der Waals surface area (Å²) in [5, 5.41) is 5.66. The van der Waals surface area contributed by atoms with Gasteiger partial charge in [0.25, 0.3) is 0 Å². The van der Waals surface area contributed by atoms with Crippen LogP contribution in [0.2, 0.25) is 0 Å². The number of carbonyl (C=O) groups is 1. The second-order valence-electron chi connectivity index (χ2n) is 6.00. The van der Waals surface area contributed by atoms with Crippen LogP contribution in [0.4, 0.5) is 10.1 Å². The summed E-state index contributed by atoms with van der Waals surface area (Å²) in [7, 11) is 0. The van der Waals surface area contributed by atoms with Crippen LogP contribution in [-0.2, 0) is 11.4 Å². The predicted octanol–water partition coefficient (Wildman–Crippen LogP) is 5.13. The molecule has 0 saturated heterocycles. The Hall–Kier alpha value is -2.99. The molecular weight excluding hydrogens is 363 g/mol. The molecular formula is C21H19FN2O2S. The van der Waals surface area contributed by atoms with Gasteiger partial charge in [-0.05, 0) is 55.3 Å². The number of amides is 1. The fourth-order valence-electron chi connectivity index (χ4n) is 2.42. The highest BCUT2D eigenvalue weighted by atomic mass is 32.1. The van der Waals surface area contributed by atoms with Crippen molar-refractivity contribution in [3.05, 3.63) is 81.6 Å². The van der Waals surface area contributed by atoms with E-state index in [2.05, 4.69) is 10.3 Å². The second-order valence-corrected chi connectivity index (χ2v) is 7.06. The van der Waals surface area contributed by atoms with Gasteiger partial charge in [0.2, 0.25) is 5.91 Å². The highest BCUT2D eigenvalue weighted by molar-refractivity contribution is 7.09. The Morgan fingerprint density at radius 3 is 2.89 bits per heavy atom. The standard InChI is InChI=1S/C21H19FN2O2S/c1-14-6-8-17(22)11-20(14)24-21(25)9-7-16-4-3-5-19(10-16)26-12-18-13-27-15(2)23-18/h3-11,13H,12H2,1-2H3,(H,24,25)/b9-7+. The first-order chi connectivity index (χ1) is 13.0. The summed E-state index contributed by atoms with van der Waals surface area (Å²) in [6, 6.07) is 11.7. The molecule has 6 heteroatoms. The van der Waals surface area contributed by atoms with Gasteiger partial charge in [0.05, 0.1) is 10.7 Å². The molecule has 4 nitrogen and oxygen atoms in total. The number of halogens is 1. The maximum atomic E-state index is 13.3. The van der Waals surface area contributed by atoms with Crippen LogP contribution in [0.15, 0.2) is 53.9 Å². The zero-order valence-electron chi connectivity index (χ0n) is 15.0. The smallest absolute Gasteiger partial charge is 0.248 e. The van der Waals surface area contributed by atoms with Gasteiger partial charge in [-0.2, -0.15) is 0 Å². The van der Waals surface area contributed by atoms with E-state index in [1.165, 1.54) is 18.2 Å². The van der Waals surface area contributed by atoms with Crippen LogP contribution >= 0.6 is 11.3 Å². The Morgan fingerprint density at radius 2 is 2.11 bits per heavy atom. The van der Waals surface area contributed by atoms with Crippen LogP contribution in [0.25, 0.3) is 6.08 Å². The number of thiazole rings is 1. The molecule has 1 aromatic heterocycles. The van der Waals surface area contributed by atoms with E-state index in [0.29, 0.717) is 18.0 Å². The lowest BCUT2D eigenvalue weighted by atomic mass is 10.2. The average Bonchev–Trinajstić information content (AvgIpc) is 3.07. The number of nitrogens with zero attached hydrogens (tertiary/aromatic N) is 1. The van der Waals surface area contributed by atoms with E-state index >= 15 is 0 Å². The number of nitrogens with one attached hydrogen (secondary N) is 1. The van der Waals surface area contributed by atoms with Crippen molar-refractivity contribution in [2.45, 2.75) is 20.5 Å². The van der Waals surface area contributed by atoms with Crippen molar-refractivity contribution >= 4 is 29.0 Å². The Kier molecular flexibility index (Phi) is 5.98. The minimum Gasteiger partial charge on any atom is -0.487 e. The molecule has 0 spiro atoms. The van der Waals surface area contributed by atoms with E-state index in [9.17, 15) is 9.18 Å². The summed E-state index contributed by atoms with van der Waals surface area (Å²) >= 11 is 1.59. The molecule has 0 fully saturated rings. The van der Waals surface area contributed by atoms with Crippen molar-refractivity contribution in [1.29, 1.82) is 0 Å². The van der Waals surface area contributed by atoms with Gasteiger partial charge < -0.3 is 10.1 Å². The Morgan fingerprint density at radius 1 is 1.26 bits per heavy atom. The topological polar surface area (TPSA) is 51.2 Å². The lowest BCUT2D eigenvalue weighted by molar-refractivity contribution is -0.111. The molecule has 0 bridgehead atoms. The molecule has 0 aliphatic carbocycles. The Labute approximate surface area is 161 Å². The SMILES string of the molecule is Cc1nc(COc2cccc(/C=C/C(=O)Nc3cc(F)ccc3C)c2)cs1. The summed E-state index contributed by atoms with van der Waals surface area (Å²) in [4.78, 5) is 16.4. The van der Waals surface area contributed by atoms with Crippen molar-refractivity contribution in [3.8, 4) is 5.75 Å². The van der Waals surface area contributed by atoms with Crippen molar-refractivity contribution in [3.63, 3.8) is 0 Å². The fourth-order valence-corrected chi connectivity index (χ4v) is 3.01. The lowest BCUT2D eigenvalue weighted by Crippen LogP contribution is -2.09. The maximum absolute atomic E-state index is 13.3. The van der Waals surface area contributed by atoms with Crippen molar-refractivity contribution in [2.75, 3.05) is 5.32 Å². The number of benzene rings is 2. The second kappa shape index (κ2) is 8.60. The predicted molar refractivity (Wildman–Crippen MR) is 106 cm³/mol. The first kappa shape index (κ1) is 18.8. The third-order valence-electron chi connectivity index (χ3n) is 3.80. The molecule has 138 valence electrons. The normalized spacial score (nSPS) is 10.9. The van der Waals surface area contributed by atoms with Gasteiger partial charge in [-0.25, -0.2) is 9.37 Å². The number of aromatic nitrogens is 1. The van der Waals surface area contributed by atoms with E-state index in [1.807, 2.05) is 43.5 Å². The van der Waals surface area contributed by atoms with Crippen LogP contribution < -0.4 is 10.1 Å². The molecule has 2 aromatic carbocycles. The van der Waals surface area contributed by atoms with E-state index in [0.717, 1.165) is 21.8 Å². The lowest BCUT2D eigenvalue weighted by Gasteiger charge is -2.06. The zero-order valence-corrected chi connectivity index (χ0v) is 15.8. The molecule has 1 heterocycles. The summed E-state index contributed by atoms with van der Waals surface area (Å²) in [5.74, 6) is -0.0165. The fraction of sp³-hybridized carbons (Fsp3) is 0.143. The monoisotopic (exact) mass is 382 g/mol. The molecule has 27 heavy (non-hydrogen) atoms. The minimum atomic E-state index is -0.389. The highest BCUT2D eigenvalue weighted by Crippen LogP contribution is 2.18. The number of hydrogen-bond donors (Lipinski definition) is 1. The molecule has 3 rings (SSSR count). The maximum Gasteiger partial charge on any atom is 0.248 e. The Balaban J connectivity index is 1.61. The molecule has 0 atom stereocenters. The molecule has 0 saturated carbocycles. The first-order valence-electron chi connectivity index (χ1n) is 8.39. The van der Waals surface area contributed by atoms with Crippen LogP contribution in [0, 0.1) is 19.7 Å². The zero-order chi connectivity index (χ0) is 19.2. The molecule has 0 radical (unpaired) electrons. The van der Waals surface area contributed by atoms with Gasteiger partial charge in [0, 0.05) is 17.1 Å². The van der Waals surface area contributed by atoms with Gasteiger partial charge in [0.1, 0.15) is 18.2 Å². The quantitative estimate of drug-likeness (QED) is 0.601. The third kappa shape index (κ3) is 5.49. The summed E-state index contributed by atoms with van der Waals surface area (Å²) < 4.78 is 19.0. The van der Waals surface area contributed by atoms with Gasteiger partial charge in [-0.1, -0.05) is 18.2 Å². The van der Waals surface area contributed by atoms with E-state index in [1.54, 1.807) is 23.5 Å². The molecule has 0 aliphatic heterocycles. The van der Waals surface area contributed by atoms with Crippen molar-refractivity contribution in [1.82, 2.24) is 4.98 Å². The number of carbonyl (C=O) groups excluding carboxylic acids is 1. The van der Waals surface area contributed by atoms with Crippen LogP contribution in [0.5, 0.6) is 5.75 Å². The van der Waals surface area contributed by atoms with Gasteiger partial charge in [-0.3, -0.25) is 4.79 Å². The molecule has 1 N–H and O–H groups in total. The summed E-state index contributed by atoms with van der Waals surface area (Å²) in [5.41, 5.74) is 2.97. The number of hydrogen-bond acceptors (Lipinski definition) is 4. The van der Waals surface area contributed by atoms with Crippen LogP contribution in [0.1, 0.15) is 21.8 Å². The van der Waals surface area contributed by atoms with Gasteiger partial charge >= 0.3 is 0 Å². The van der Waals surface area contributed by atoms with Crippen molar-refractivity contribution < 1.29 is 13.9 Å². The van der Waals surface area contributed by atoms with Crippen molar-refractivity contribution in [2.24, 2.45) is 0 Å². The van der Waals surface area contributed by atoms with E-state index in [-0.39, 0.29) is 11.7 Å². The average molecular weight is 382 g/mol. The highest BCUT2D eigenvalue weighted by Gasteiger charge is 2.04. The summed E-state index contributed by atoms with van der Waals surface area (Å²) in [6.07, 6.45) is 3.09. The molecule has 3 aromatic rings. The van der Waals surface area contributed by atoms with Gasteiger partial charge in [-0.15, -0.1) is 11.3 Å². The van der Waals surface area contributed by atoms with Crippen LogP contribution in [-0.4, -0.2) is 10.9 Å². The van der Waals surface area contributed by atoms with E-state index < -0.39 is 0 Å². The number of anilines is 1. The van der Waals surface area contributed by atoms with Gasteiger partial charge in [0.15, 0.2) is 0 Å². The third-order valence-corrected chi connectivity index (χ3v) is 4.62. The summed E-state index contributed by atoms with van der Waals surface area (Å²) in [6.45, 7) is 4.16. The molecule has 1 amide bonds. The molecule has 0 unspecified atom stereocenters. The number of rotatable bonds is 6. The number of aryl methyl sites for hydroxylation is 2. The van der Waals surface area contributed by atoms with E-state index in [4.69, 9.17) is 4.74 Å². The van der Waals surface area contributed by atoms with Crippen LogP contribution in [0.3, 0.4) is 0 Å². The largest absolute Gasteiger partial charge is 0.487 e. The molecule has 0 aliphatic rings. The number of ether oxygens (including phenoxy) is 1. The first-order valence-corrected chi connectivity index (χ1v) is 9.26. The Bertz CT molecular complexity index is 982. The minimum absolute atomic E-state index is 0.326.